The molecule has 0 saturated carbocycles. The molecule has 2 rings (SSSR count). The molecule has 0 radical (unpaired) electrons. The number of hydrogen-bond acceptors (Lipinski definition) is 0. The van der Waals surface area contributed by atoms with Gasteiger partial charge in [-0.2, -0.15) is 0 Å². The normalized spacial score (nSPS) is 12.4. The highest BCUT2D eigenvalue weighted by Crippen LogP contribution is 2.19. The lowest BCUT2D eigenvalue weighted by molar-refractivity contribution is 0.581. The van der Waals surface area contributed by atoms with Gasteiger partial charge >= 0.3 is 0 Å². The molecule has 19 heavy (non-hydrogen) atoms. The van der Waals surface area contributed by atoms with Gasteiger partial charge in [0.1, 0.15) is 5.82 Å². The maximum Gasteiger partial charge on any atom is 0.123 e. The Morgan fingerprint density at radius 1 is 1.00 bits per heavy atom. The van der Waals surface area contributed by atoms with Crippen LogP contribution in [0.1, 0.15) is 11.1 Å². The van der Waals surface area contributed by atoms with Crippen molar-refractivity contribution in [3.05, 3.63) is 69.9 Å². The molecule has 0 aliphatic carbocycles. The van der Waals surface area contributed by atoms with E-state index in [1.165, 1.54) is 17.7 Å². The Morgan fingerprint density at radius 2 is 1.68 bits per heavy atom. The number of benzene rings is 2. The van der Waals surface area contributed by atoms with Crippen LogP contribution in [0.2, 0.25) is 0 Å². The summed E-state index contributed by atoms with van der Waals surface area (Å²) in [7, 11) is 0. The predicted octanol–water partition coefficient (Wildman–Crippen LogP) is 5.23. The van der Waals surface area contributed by atoms with E-state index in [1.54, 1.807) is 0 Å². The van der Waals surface area contributed by atoms with Crippen LogP contribution in [0.15, 0.2) is 53.0 Å². The SMILES string of the molecule is Fc1ccc(CC(CCl)Cc2cccc(Br)c2)cc1. The quantitative estimate of drug-likeness (QED) is 0.653. The minimum Gasteiger partial charge on any atom is -0.207 e. The largest absolute Gasteiger partial charge is 0.207 e. The molecule has 3 heteroatoms. The summed E-state index contributed by atoms with van der Waals surface area (Å²) in [5.41, 5.74) is 2.39. The van der Waals surface area contributed by atoms with Crippen molar-refractivity contribution < 1.29 is 4.39 Å². The second-order valence-corrected chi connectivity index (χ2v) is 5.91. The number of halogens is 3. The second-order valence-electron chi connectivity index (χ2n) is 4.68. The first kappa shape index (κ1) is 14.5. The first-order chi connectivity index (χ1) is 9.17. The van der Waals surface area contributed by atoms with Crippen molar-refractivity contribution >= 4 is 27.5 Å². The smallest absolute Gasteiger partial charge is 0.123 e. The van der Waals surface area contributed by atoms with Crippen molar-refractivity contribution in [3.63, 3.8) is 0 Å². The van der Waals surface area contributed by atoms with Gasteiger partial charge in [-0.1, -0.05) is 40.2 Å². The zero-order valence-electron chi connectivity index (χ0n) is 10.5. The standard InChI is InChI=1S/C16H15BrClF/c17-15-3-1-2-13(10-15)9-14(11-18)8-12-4-6-16(19)7-5-12/h1-7,10,14H,8-9,11H2. The predicted molar refractivity (Wildman–Crippen MR) is 82.2 cm³/mol. The fourth-order valence-electron chi connectivity index (χ4n) is 2.13. The average molecular weight is 342 g/mol. The van der Waals surface area contributed by atoms with Crippen LogP contribution < -0.4 is 0 Å². The third-order valence-electron chi connectivity index (χ3n) is 3.07. The fourth-order valence-corrected chi connectivity index (χ4v) is 2.80. The van der Waals surface area contributed by atoms with Gasteiger partial charge in [0.25, 0.3) is 0 Å². The molecule has 0 bridgehead atoms. The average Bonchev–Trinajstić information content (AvgIpc) is 2.40. The van der Waals surface area contributed by atoms with E-state index >= 15 is 0 Å². The summed E-state index contributed by atoms with van der Waals surface area (Å²) in [4.78, 5) is 0. The zero-order chi connectivity index (χ0) is 13.7. The van der Waals surface area contributed by atoms with Crippen LogP contribution in [-0.4, -0.2) is 5.88 Å². The molecular weight excluding hydrogens is 327 g/mol. The lowest BCUT2D eigenvalue weighted by atomic mass is 9.94. The molecular formula is C16H15BrClF. The minimum absolute atomic E-state index is 0.196. The molecule has 1 atom stereocenters. The van der Waals surface area contributed by atoms with Crippen LogP contribution in [0.3, 0.4) is 0 Å². The summed E-state index contributed by atoms with van der Waals surface area (Å²) < 4.78 is 13.9. The molecule has 2 aromatic carbocycles. The van der Waals surface area contributed by atoms with Crippen LogP contribution in [0.4, 0.5) is 4.39 Å². The van der Waals surface area contributed by atoms with Crippen LogP contribution in [0.5, 0.6) is 0 Å². The molecule has 0 nitrogen and oxygen atoms in total. The summed E-state index contributed by atoms with van der Waals surface area (Å²) in [5, 5.41) is 0. The summed E-state index contributed by atoms with van der Waals surface area (Å²) >= 11 is 9.53. The molecule has 0 heterocycles. The Kier molecular flexibility index (Phi) is 5.41. The third-order valence-corrected chi connectivity index (χ3v) is 4.00. The molecule has 2 aromatic rings. The van der Waals surface area contributed by atoms with Gasteiger partial charge in [-0.05, 0) is 54.2 Å². The van der Waals surface area contributed by atoms with E-state index in [1.807, 2.05) is 24.3 Å². The second kappa shape index (κ2) is 7.06. The van der Waals surface area contributed by atoms with Crippen molar-refractivity contribution in [3.8, 4) is 0 Å². The van der Waals surface area contributed by atoms with E-state index < -0.39 is 0 Å². The molecule has 0 aromatic heterocycles. The van der Waals surface area contributed by atoms with Crippen LogP contribution >= 0.6 is 27.5 Å². The maximum absolute atomic E-state index is 12.9. The maximum atomic E-state index is 12.9. The number of alkyl halides is 1. The van der Waals surface area contributed by atoms with Crippen molar-refractivity contribution in [2.45, 2.75) is 12.8 Å². The Hall–Kier alpha value is -0.860. The van der Waals surface area contributed by atoms with Crippen molar-refractivity contribution in [2.75, 3.05) is 5.88 Å². The summed E-state index contributed by atoms with van der Waals surface area (Å²) in [6.07, 6.45) is 1.80. The van der Waals surface area contributed by atoms with Gasteiger partial charge < -0.3 is 0 Å². The highest BCUT2D eigenvalue weighted by molar-refractivity contribution is 9.10. The van der Waals surface area contributed by atoms with Crippen LogP contribution in [-0.2, 0) is 12.8 Å². The van der Waals surface area contributed by atoms with E-state index in [2.05, 4.69) is 28.1 Å². The molecule has 0 aliphatic heterocycles. The molecule has 0 N–H and O–H groups in total. The highest BCUT2D eigenvalue weighted by atomic mass is 79.9. The monoisotopic (exact) mass is 340 g/mol. The van der Waals surface area contributed by atoms with Gasteiger partial charge in [0, 0.05) is 10.4 Å². The highest BCUT2D eigenvalue weighted by Gasteiger charge is 2.10. The minimum atomic E-state index is -0.196. The van der Waals surface area contributed by atoms with Crippen molar-refractivity contribution in [1.29, 1.82) is 0 Å². The summed E-state index contributed by atoms with van der Waals surface area (Å²) in [6, 6.07) is 14.9. The van der Waals surface area contributed by atoms with Gasteiger partial charge in [0.05, 0.1) is 0 Å². The van der Waals surface area contributed by atoms with Crippen molar-refractivity contribution in [1.82, 2.24) is 0 Å². The van der Waals surface area contributed by atoms with E-state index in [-0.39, 0.29) is 5.82 Å². The molecule has 0 fully saturated rings. The Bertz CT molecular complexity index is 525. The van der Waals surface area contributed by atoms with E-state index in [0.29, 0.717) is 11.8 Å². The number of hydrogen-bond donors (Lipinski definition) is 0. The first-order valence-electron chi connectivity index (χ1n) is 6.22. The fraction of sp³-hybridized carbons (Fsp3) is 0.250. The Balaban J connectivity index is 2.02. The van der Waals surface area contributed by atoms with E-state index in [4.69, 9.17) is 11.6 Å². The van der Waals surface area contributed by atoms with Gasteiger partial charge in [-0.15, -0.1) is 11.6 Å². The van der Waals surface area contributed by atoms with Crippen LogP contribution in [0.25, 0.3) is 0 Å². The van der Waals surface area contributed by atoms with E-state index in [0.717, 1.165) is 22.9 Å². The lowest BCUT2D eigenvalue weighted by Gasteiger charge is -2.14. The number of rotatable bonds is 5. The third kappa shape index (κ3) is 4.63. The lowest BCUT2D eigenvalue weighted by Crippen LogP contribution is -2.10. The summed E-state index contributed by atoms with van der Waals surface area (Å²) in [5.74, 6) is 0.767. The molecule has 100 valence electrons. The van der Waals surface area contributed by atoms with Gasteiger partial charge in [-0.3, -0.25) is 0 Å². The van der Waals surface area contributed by atoms with Gasteiger partial charge in [-0.25, -0.2) is 4.39 Å². The van der Waals surface area contributed by atoms with Gasteiger partial charge in [0.15, 0.2) is 0 Å². The van der Waals surface area contributed by atoms with Crippen LogP contribution in [0, 0.1) is 11.7 Å². The first-order valence-corrected chi connectivity index (χ1v) is 7.55. The van der Waals surface area contributed by atoms with Gasteiger partial charge in [0.2, 0.25) is 0 Å². The zero-order valence-corrected chi connectivity index (χ0v) is 12.8. The molecule has 0 spiro atoms. The Morgan fingerprint density at radius 3 is 2.32 bits per heavy atom. The molecule has 0 saturated heterocycles. The molecule has 1 unspecified atom stereocenters. The topological polar surface area (TPSA) is 0 Å². The summed E-state index contributed by atoms with van der Waals surface area (Å²) in [6.45, 7) is 0. The Labute approximate surface area is 126 Å². The molecule has 0 amide bonds. The molecule has 0 aliphatic rings. The van der Waals surface area contributed by atoms with Crippen molar-refractivity contribution in [2.24, 2.45) is 5.92 Å². The van der Waals surface area contributed by atoms with E-state index in [9.17, 15) is 4.39 Å².